The number of carbonyl (C=O) groups is 3. The lowest BCUT2D eigenvalue weighted by atomic mass is 9.95. The molecule has 3 fully saturated rings. The molecule has 1 aliphatic carbocycles. The van der Waals surface area contributed by atoms with Gasteiger partial charge in [-0.1, -0.05) is 19.3 Å². The number of thioether (sulfide) groups is 1. The van der Waals surface area contributed by atoms with Crippen molar-refractivity contribution in [2.24, 2.45) is 0 Å². The van der Waals surface area contributed by atoms with Gasteiger partial charge in [0.25, 0.3) is 5.91 Å². The zero-order valence-electron chi connectivity index (χ0n) is 20.4. The van der Waals surface area contributed by atoms with Gasteiger partial charge in [-0.15, -0.1) is 11.8 Å². The number of ether oxygens (including phenoxy) is 1. The number of fused-ring (bicyclic) bond motifs is 1. The quantitative estimate of drug-likeness (QED) is 0.626. The number of carbonyl (C=O) groups excluding carboxylic acids is 3. The van der Waals surface area contributed by atoms with E-state index in [9.17, 15) is 14.4 Å². The number of nitrogens with zero attached hydrogens (tertiary/aromatic N) is 3. The molecule has 3 amide bonds. The van der Waals surface area contributed by atoms with E-state index in [1.165, 1.54) is 18.2 Å². The molecular weight excluding hydrogens is 464 g/mol. The van der Waals surface area contributed by atoms with E-state index in [4.69, 9.17) is 4.74 Å². The van der Waals surface area contributed by atoms with Crippen molar-refractivity contribution in [2.45, 2.75) is 67.6 Å². The number of piperidine rings is 1. The van der Waals surface area contributed by atoms with E-state index >= 15 is 0 Å². The van der Waals surface area contributed by atoms with Gasteiger partial charge in [0.05, 0.1) is 18.9 Å². The lowest BCUT2D eigenvalue weighted by molar-refractivity contribution is -0.136. The van der Waals surface area contributed by atoms with Crippen LogP contribution in [0.2, 0.25) is 0 Å². The number of amides is 3. The Kier molecular flexibility index (Phi) is 7.82. The number of rotatable bonds is 5. The lowest BCUT2D eigenvalue weighted by Gasteiger charge is -2.37. The Labute approximate surface area is 211 Å². The second-order valence-electron chi connectivity index (χ2n) is 9.96. The summed E-state index contributed by atoms with van der Waals surface area (Å²) in [5.41, 5.74) is 1.78. The fraction of sp³-hybridized carbons (Fsp3) is 0.654. The molecule has 1 saturated carbocycles. The number of benzene rings is 1. The number of morpholine rings is 1. The number of anilines is 2. The van der Waals surface area contributed by atoms with Gasteiger partial charge in [-0.3, -0.25) is 14.4 Å². The second-order valence-corrected chi connectivity index (χ2v) is 11.1. The minimum absolute atomic E-state index is 0.0520. The molecule has 5 rings (SSSR count). The van der Waals surface area contributed by atoms with Crippen LogP contribution in [-0.2, 0) is 19.1 Å². The van der Waals surface area contributed by atoms with Crippen molar-refractivity contribution in [1.82, 2.24) is 10.2 Å². The first-order valence-electron chi connectivity index (χ1n) is 13.1. The van der Waals surface area contributed by atoms with Crippen molar-refractivity contribution in [3.63, 3.8) is 0 Å². The zero-order valence-corrected chi connectivity index (χ0v) is 21.2. The molecule has 8 nitrogen and oxygen atoms in total. The van der Waals surface area contributed by atoms with Crippen LogP contribution in [0.1, 0.15) is 51.4 Å². The van der Waals surface area contributed by atoms with Crippen LogP contribution in [0, 0.1) is 0 Å². The lowest BCUT2D eigenvalue weighted by Crippen LogP contribution is -2.53. The summed E-state index contributed by atoms with van der Waals surface area (Å²) in [6.07, 6.45) is 8.52. The van der Waals surface area contributed by atoms with Crippen LogP contribution < -0.4 is 15.1 Å². The Balaban J connectivity index is 1.39. The molecule has 1 aromatic rings. The average molecular weight is 501 g/mol. The van der Waals surface area contributed by atoms with Crippen LogP contribution in [0.5, 0.6) is 0 Å². The Bertz CT molecular complexity index is 939. The molecule has 3 aliphatic heterocycles. The number of nitrogens with one attached hydrogen (secondary N) is 1. The van der Waals surface area contributed by atoms with Gasteiger partial charge in [0.1, 0.15) is 6.54 Å². The Morgan fingerprint density at radius 2 is 1.69 bits per heavy atom. The standard InChI is InChI=1S/C26H36N4O4S/c31-23(27-19-7-3-1-4-8-19)18-30-21-10-9-20(28-13-15-34-16-14-28)17-22(21)35-24(26(30)33)25(32)29-11-5-2-6-12-29/h9-10,17,19,24H,1-8,11-16,18H2,(H,27,31). The van der Waals surface area contributed by atoms with Crippen LogP contribution in [0.25, 0.3) is 0 Å². The van der Waals surface area contributed by atoms with E-state index in [-0.39, 0.29) is 30.3 Å². The highest BCUT2D eigenvalue weighted by Gasteiger charge is 2.41. The van der Waals surface area contributed by atoms with Crippen molar-refractivity contribution >= 4 is 40.9 Å². The molecule has 1 N–H and O–H groups in total. The van der Waals surface area contributed by atoms with Gasteiger partial charge in [-0.25, -0.2) is 0 Å². The fourth-order valence-corrected chi connectivity index (χ4v) is 6.76. The fourth-order valence-electron chi connectivity index (χ4n) is 5.54. The second kappa shape index (κ2) is 11.2. The number of hydrogen-bond donors (Lipinski definition) is 1. The van der Waals surface area contributed by atoms with Crippen LogP contribution in [-0.4, -0.2) is 79.9 Å². The Hall–Kier alpha value is -2.26. The largest absolute Gasteiger partial charge is 0.378 e. The first kappa shape index (κ1) is 24.4. The van der Waals surface area contributed by atoms with Gasteiger partial charge in [0, 0.05) is 42.8 Å². The average Bonchev–Trinajstić information content (AvgIpc) is 2.91. The summed E-state index contributed by atoms with van der Waals surface area (Å²) >= 11 is 1.34. The van der Waals surface area contributed by atoms with Gasteiger partial charge in [0.15, 0.2) is 5.25 Å². The Morgan fingerprint density at radius 3 is 2.43 bits per heavy atom. The van der Waals surface area contributed by atoms with Crippen molar-refractivity contribution < 1.29 is 19.1 Å². The van der Waals surface area contributed by atoms with Gasteiger partial charge in [-0.05, 0) is 50.3 Å². The molecule has 1 atom stereocenters. The number of likely N-dealkylation sites (tertiary alicyclic amines) is 1. The maximum absolute atomic E-state index is 13.6. The van der Waals surface area contributed by atoms with Crippen LogP contribution in [0.3, 0.4) is 0 Å². The third-order valence-electron chi connectivity index (χ3n) is 7.51. The van der Waals surface area contributed by atoms with Crippen molar-refractivity contribution in [3.8, 4) is 0 Å². The van der Waals surface area contributed by atoms with Crippen molar-refractivity contribution in [3.05, 3.63) is 18.2 Å². The van der Waals surface area contributed by atoms with E-state index in [0.717, 1.165) is 74.3 Å². The number of hydrogen-bond acceptors (Lipinski definition) is 6. The summed E-state index contributed by atoms with van der Waals surface area (Å²) in [6, 6.07) is 6.19. The van der Waals surface area contributed by atoms with E-state index in [1.54, 1.807) is 4.90 Å². The molecule has 0 spiro atoms. The molecular formula is C26H36N4O4S. The van der Waals surface area contributed by atoms with E-state index in [2.05, 4.69) is 16.3 Å². The summed E-state index contributed by atoms with van der Waals surface area (Å²) < 4.78 is 5.49. The van der Waals surface area contributed by atoms with E-state index in [1.807, 2.05) is 17.0 Å². The van der Waals surface area contributed by atoms with Crippen LogP contribution >= 0.6 is 11.8 Å². The minimum atomic E-state index is -0.844. The molecule has 0 bridgehead atoms. The predicted molar refractivity (Wildman–Crippen MR) is 137 cm³/mol. The third kappa shape index (κ3) is 5.61. The molecule has 0 aromatic heterocycles. The summed E-state index contributed by atoms with van der Waals surface area (Å²) in [7, 11) is 0. The zero-order chi connectivity index (χ0) is 24.2. The maximum atomic E-state index is 13.6. The molecule has 35 heavy (non-hydrogen) atoms. The summed E-state index contributed by atoms with van der Waals surface area (Å²) in [4.78, 5) is 46.6. The van der Waals surface area contributed by atoms with Gasteiger partial charge in [-0.2, -0.15) is 0 Å². The van der Waals surface area contributed by atoms with Crippen molar-refractivity contribution in [1.29, 1.82) is 0 Å². The van der Waals surface area contributed by atoms with Gasteiger partial charge < -0.3 is 24.8 Å². The first-order chi connectivity index (χ1) is 17.1. The molecule has 1 aromatic carbocycles. The topological polar surface area (TPSA) is 82.2 Å². The highest BCUT2D eigenvalue weighted by molar-refractivity contribution is 8.01. The van der Waals surface area contributed by atoms with Gasteiger partial charge in [0.2, 0.25) is 11.8 Å². The van der Waals surface area contributed by atoms with Crippen LogP contribution in [0.4, 0.5) is 11.4 Å². The minimum Gasteiger partial charge on any atom is -0.378 e. The van der Waals surface area contributed by atoms with Gasteiger partial charge >= 0.3 is 0 Å². The Morgan fingerprint density at radius 1 is 0.971 bits per heavy atom. The third-order valence-corrected chi connectivity index (χ3v) is 8.73. The predicted octanol–water partition coefficient (Wildman–Crippen LogP) is 2.79. The highest BCUT2D eigenvalue weighted by Crippen LogP contribution is 2.42. The summed E-state index contributed by atoms with van der Waals surface area (Å²) in [5, 5.41) is 2.29. The van der Waals surface area contributed by atoms with Crippen LogP contribution in [0.15, 0.2) is 23.1 Å². The molecule has 9 heteroatoms. The smallest absolute Gasteiger partial charge is 0.250 e. The summed E-state index contributed by atoms with van der Waals surface area (Å²) in [6.45, 7) is 4.35. The first-order valence-corrected chi connectivity index (χ1v) is 14.0. The monoisotopic (exact) mass is 500 g/mol. The SMILES string of the molecule is O=C(CN1C(=O)C(C(=O)N2CCCCC2)Sc2cc(N3CCOCC3)ccc21)NC1CCCCC1. The molecule has 3 heterocycles. The van der Waals surface area contributed by atoms with E-state index in [0.29, 0.717) is 26.3 Å². The maximum Gasteiger partial charge on any atom is 0.250 e. The molecule has 1 unspecified atom stereocenters. The molecule has 4 aliphatic rings. The normalized spacial score (nSPS) is 23.7. The summed E-state index contributed by atoms with van der Waals surface area (Å²) in [5.74, 6) is -0.555. The molecule has 190 valence electrons. The molecule has 2 saturated heterocycles. The molecule has 0 radical (unpaired) electrons. The van der Waals surface area contributed by atoms with Crippen molar-refractivity contribution in [2.75, 3.05) is 55.7 Å². The van der Waals surface area contributed by atoms with E-state index < -0.39 is 5.25 Å². The highest BCUT2D eigenvalue weighted by atomic mass is 32.2.